The van der Waals surface area contributed by atoms with Gasteiger partial charge in [-0.1, -0.05) is 26.8 Å². The smallest absolute Gasteiger partial charge is 0.141 e. The molecule has 2 rings (SSSR count). The van der Waals surface area contributed by atoms with Gasteiger partial charge in [-0.3, -0.25) is 4.79 Å². The summed E-state index contributed by atoms with van der Waals surface area (Å²) in [5.74, 6) is 1.22. The molecular formula is C15H20O2. The Labute approximate surface area is 103 Å². The molecule has 2 heteroatoms. The number of carbonyl (C=O) groups excluding carboxylic acids is 1. The zero-order valence-electron chi connectivity index (χ0n) is 10.9. The minimum atomic E-state index is 0.000463. The molecule has 0 fully saturated rings. The van der Waals surface area contributed by atoms with Gasteiger partial charge in [-0.05, 0) is 41.5 Å². The summed E-state index contributed by atoms with van der Waals surface area (Å²) in [6.45, 7) is 8.12. The predicted octanol–water partition coefficient (Wildman–Crippen LogP) is 3.52. The lowest BCUT2D eigenvalue weighted by atomic mass is 9.72. The van der Waals surface area contributed by atoms with E-state index in [1.165, 1.54) is 0 Å². The maximum atomic E-state index is 12.1. The molecule has 2 nitrogen and oxygen atoms in total. The van der Waals surface area contributed by atoms with Crippen LogP contribution < -0.4 is 0 Å². The number of fused-ring (bicyclic) bond motifs is 1. The molecule has 1 aliphatic rings. The van der Waals surface area contributed by atoms with Gasteiger partial charge in [0, 0.05) is 12.3 Å². The average Bonchev–Trinajstić information content (AvgIpc) is 2.20. The van der Waals surface area contributed by atoms with Gasteiger partial charge in [0.2, 0.25) is 0 Å². The van der Waals surface area contributed by atoms with Crippen LogP contribution in [-0.4, -0.2) is 10.9 Å². The summed E-state index contributed by atoms with van der Waals surface area (Å²) in [5, 5.41) is 9.80. The highest BCUT2D eigenvalue weighted by atomic mass is 16.3. The predicted molar refractivity (Wildman–Crippen MR) is 68.5 cm³/mol. The molecule has 1 aliphatic carbocycles. The van der Waals surface area contributed by atoms with Crippen molar-refractivity contribution >= 4 is 5.78 Å². The van der Waals surface area contributed by atoms with Crippen molar-refractivity contribution in [1.29, 1.82) is 0 Å². The molecule has 92 valence electrons. The number of aryl methyl sites for hydroxylation is 1. The number of hydrogen-bond acceptors (Lipinski definition) is 2. The minimum absolute atomic E-state index is 0.000463. The third kappa shape index (κ3) is 1.97. The van der Waals surface area contributed by atoms with Crippen LogP contribution >= 0.6 is 0 Å². The van der Waals surface area contributed by atoms with E-state index in [9.17, 15) is 9.90 Å². The Hall–Kier alpha value is -1.31. The normalized spacial score (nSPS) is 23.9. The molecule has 0 amide bonds. The fourth-order valence-electron chi connectivity index (χ4n) is 2.87. The number of phenolic OH excluding ortho intramolecular Hbond substituents is 1. The highest BCUT2D eigenvalue weighted by molar-refractivity contribution is 5.89. The second kappa shape index (κ2) is 4.17. The van der Waals surface area contributed by atoms with E-state index >= 15 is 0 Å². The van der Waals surface area contributed by atoms with Crippen LogP contribution in [0.15, 0.2) is 12.1 Å². The van der Waals surface area contributed by atoms with Crippen LogP contribution in [0.4, 0.5) is 0 Å². The van der Waals surface area contributed by atoms with Crippen LogP contribution in [0.25, 0.3) is 0 Å². The van der Waals surface area contributed by atoms with Crippen molar-refractivity contribution in [3.05, 3.63) is 28.8 Å². The molecule has 0 spiro atoms. The van der Waals surface area contributed by atoms with Gasteiger partial charge in [-0.2, -0.15) is 0 Å². The lowest BCUT2D eigenvalue weighted by Gasteiger charge is -2.31. The zero-order chi connectivity index (χ0) is 12.7. The van der Waals surface area contributed by atoms with Gasteiger partial charge in [-0.15, -0.1) is 0 Å². The van der Waals surface area contributed by atoms with Crippen molar-refractivity contribution in [2.45, 2.75) is 46.0 Å². The Balaban J connectivity index is 2.61. The van der Waals surface area contributed by atoms with E-state index < -0.39 is 0 Å². The molecule has 2 atom stereocenters. The maximum Gasteiger partial charge on any atom is 0.141 e. The Morgan fingerprint density at radius 3 is 2.53 bits per heavy atom. The molecule has 0 saturated carbocycles. The summed E-state index contributed by atoms with van der Waals surface area (Å²) in [6, 6.07) is 3.83. The Kier molecular flexibility index (Phi) is 2.98. The molecule has 1 N–H and O–H groups in total. The van der Waals surface area contributed by atoms with Crippen molar-refractivity contribution in [3.63, 3.8) is 0 Å². The maximum absolute atomic E-state index is 12.1. The van der Waals surface area contributed by atoms with Crippen molar-refractivity contribution in [1.82, 2.24) is 0 Å². The van der Waals surface area contributed by atoms with E-state index in [1.54, 1.807) is 0 Å². The van der Waals surface area contributed by atoms with E-state index in [1.807, 2.05) is 19.1 Å². The number of benzene rings is 1. The molecule has 0 aliphatic heterocycles. The first-order valence-corrected chi connectivity index (χ1v) is 6.28. The number of rotatable bonds is 1. The first-order chi connectivity index (χ1) is 7.91. The quantitative estimate of drug-likeness (QED) is 0.804. The van der Waals surface area contributed by atoms with Gasteiger partial charge in [0.25, 0.3) is 0 Å². The summed E-state index contributed by atoms with van der Waals surface area (Å²) in [6.07, 6.45) is 0.596. The minimum Gasteiger partial charge on any atom is -0.508 e. The third-order valence-electron chi connectivity index (χ3n) is 3.79. The van der Waals surface area contributed by atoms with Gasteiger partial charge >= 0.3 is 0 Å². The number of ketones is 1. The van der Waals surface area contributed by atoms with Crippen LogP contribution in [0.3, 0.4) is 0 Å². The second-order valence-corrected chi connectivity index (χ2v) is 5.56. The molecule has 1 aromatic carbocycles. The van der Waals surface area contributed by atoms with E-state index in [2.05, 4.69) is 20.8 Å². The van der Waals surface area contributed by atoms with Gasteiger partial charge in [0.1, 0.15) is 11.5 Å². The van der Waals surface area contributed by atoms with Crippen LogP contribution in [0.5, 0.6) is 5.75 Å². The standard InChI is InChI=1S/C15H20O2/c1-8(2)15-12-5-10(4)13(16)7-11(12)9(3)6-14(15)17/h5,7-9,15-16H,6H2,1-4H3. The monoisotopic (exact) mass is 232 g/mol. The van der Waals surface area contributed by atoms with E-state index in [0.29, 0.717) is 23.9 Å². The summed E-state index contributed by atoms with van der Waals surface area (Å²) < 4.78 is 0. The Morgan fingerprint density at radius 2 is 1.94 bits per heavy atom. The van der Waals surface area contributed by atoms with Crippen molar-refractivity contribution in [2.24, 2.45) is 5.92 Å². The first kappa shape index (κ1) is 12.2. The largest absolute Gasteiger partial charge is 0.508 e. The van der Waals surface area contributed by atoms with Gasteiger partial charge in [-0.25, -0.2) is 0 Å². The fraction of sp³-hybridized carbons (Fsp3) is 0.533. The van der Waals surface area contributed by atoms with Gasteiger partial charge in [0.05, 0.1) is 0 Å². The van der Waals surface area contributed by atoms with Crippen LogP contribution in [0, 0.1) is 12.8 Å². The summed E-state index contributed by atoms with van der Waals surface area (Å²) in [4.78, 5) is 12.1. The Morgan fingerprint density at radius 1 is 1.29 bits per heavy atom. The molecule has 0 aromatic heterocycles. The Bertz CT molecular complexity index is 460. The van der Waals surface area contributed by atoms with Crippen LogP contribution in [0.2, 0.25) is 0 Å². The lowest BCUT2D eigenvalue weighted by Crippen LogP contribution is -2.26. The van der Waals surface area contributed by atoms with E-state index in [-0.39, 0.29) is 11.8 Å². The number of hydrogen-bond donors (Lipinski definition) is 1. The molecule has 17 heavy (non-hydrogen) atoms. The molecule has 0 bridgehead atoms. The SMILES string of the molecule is Cc1cc2c(cc1O)C(C)CC(=O)C2C(C)C. The number of phenols is 1. The zero-order valence-corrected chi connectivity index (χ0v) is 10.9. The van der Waals surface area contributed by atoms with E-state index in [0.717, 1.165) is 16.7 Å². The fourth-order valence-corrected chi connectivity index (χ4v) is 2.87. The average molecular weight is 232 g/mol. The topological polar surface area (TPSA) is 37.3 Å². The highest BCUT2D eigenvalue weighted by Crippen LogP contribution is 2.42. The summed E-state index contributed by atoms with van der Waals surface area (Å²) in [7, 11) is 0. The van der Waals surface area contributed by atoms with Crippen LogP contribution in [0.1, 0.15) is 55.7 Å². The highest BCUT2D eigenvalue weighted by Gasteiger charge is 2.33. The molecular weight excluding hydrogens is 212 g/mol. The molecule has 2 unspecified atom stereocenters. The van der Waals surface area contributed by atoms with Gasteiger partial charge < -0.3 is 5.11 Å². The van der Waals surface area contributed by atoms with Gasteiger partial charge in [0.15, 0.2) is 0 Å². The second-order valence-electron chi connectivity index (χ2n) is 5.56. The summed E-state index contributed by atoms with van der Waals surface area (Å²) in [5.41, 5.74) is 3.13. The third-order valence-corrected chi connectivity index (χ3v) is 3.79. The van der Waals surface area contributed by atoms with E-state index in [4.69, 9.17) is 0 Å². The number of carbonyl (C=O) groups is 1. The molecule has 0 saturated heterocycles. The number of aromatic hydroxyl groups is 1. The molecule has 1 aromatic rings. The lowest BCUT2D eigenvalue weighted by molar-refractivity contribution is -0.122. The van der Waals surface area contributed by atoms with Crippen molar-refractivity contribution < 1.29 is 9.90 Å². The molecule has 0 heterocycles. The van der Waals surface area contributed by atoms with Crippen molar-refractivity contribution in [2.75, 3.05) is 0 Å². The van der Waals surface area contributed by atoms with Crippen molar-refractivity contribution in [3.8, 4) is 5.75 Å². The first-order valence-electron chi connectivity index (χ1n) is 6.28. The molecule has 0 radical (unpaired) electrons. The van der Waals surface area contributed by atoms with Crippen LogP contribution in [-0.2, 0) is 4.79 Å². The number of Topliss-reactive ketones (excluding diaryl/α,β-unsaturated/α-hetero) is 1. The summed E-state index contributed by atoms with van der Waals surface area (Å²) >= 11 is 0.